The van der Waals surface area contributed by atoms with Crippen molar-refractivity contribution in [1.29, 1.82) is 0 Å². The summed E-state index contributed by atoms with van der Waals surface area (Å²) in [6, 6.07) is 17.0. The molecule has 4 heterocycles. The molecule has 1 amide bonds. The van der Waals surface area contributed by atoms with Gasteiger partial charge in [-0.1, -0.05) is 30.8 Å². The molecule has 5 aromatic rings. The lowest BCUT2D eigenvalue weighted by molar-refractivity contribution is -0.111. The number of anilines is 2. The van der Waals surface area contributed by atoms with Gasteiger partial charge in [-0.25, -0.2) is 4.98 Å². The van der Waals surface area contributed by atoms with Crippen molar-refractivity contribution in [3.05, 3.63) is 84.7 Å². The van der Waals surface area contributed by atoms with Crippen LogP contribution in [0.5, 0.6) is 0 Å². The second kappa shape index (κ2) is 10.7. The van der Waals surface area contributed by atoms with Crippen molar-refractivity contribution in [2.45, 2.75) is 13.8 Å². The smallest absolute Gasteiger partial charge is 0.247 e. The molecule has 8 nitrogen and oxygen atoms in total. The molecule has 3 aromatic heterocycles. The van der Waals surface area contributed by atoms with Gasteiger partial charge in [0.1, 0.15) is 5.65 Å². The number of rotatable bonds is 6. The fourth-order valence-electron chi connectivity index (χ4n) is 5.71. The minimum atomic E-state index is -0.236. The summed E-state index contributed by atoms with van der Waals surface area (Å²) in [4.78, 5) is 25.5. The number of aromatic nitrogens is 4. The normalized spacial score (nSPS) is 14.0. The van der Waals surface area contributed by atoms with E-state index < -0.39 is 0 Å². The highest BCUT2D eigenvalue weighted by atomic mass is 16.1. The maximum Gasteiger partial charge on any atom is 0.247 e. The molecule has 0 saturated carbocycles. The third-order valence-corrected chi connectivity index (χ3v) is 8.17. The molecule has 0 atom stereocenters. The second-order valence-corrected chi connectivity index (χ2v) is 10.8. The van der Waals surface area contributed by atoms with Crippen LogP contribution < -0.4 is 10.2 Å². The van der Waals surface area contributed by atoms with Crippen LogP contribution in [-0.2, 0) is 11.8 Å². The summed E-state index contributed by atoms with van der Waals surface area (Å²) < 4.78 is 1.87. The molecular formula is C33H35N7O. The highest BCUT2D eigenvalue weighted by Gasteiger charge is 2.22. The number of likely N-dealkylation sites (N-methyl/N-ethyl adjacent to an activating group) is 1. The minimum absolute atomic E-state index is 0.236. The van der Waals surface area contributed by atoms with Gasteiger partial charge in [-0.3, -0.25) is 9.48 Å². The van der Waals surface area contributed by atoms with E-state index in [9.17, 15) is 4.79 Å². The molecule has 1 aliphatic rings. The zero-order valence-electron chi connectivity index (χ0n) is 24.0. The number of hydrogen-bond acceptors (Lipinski definition) is 5. The molecule has 0 bridgehead atoms. The third-order valence-electron chi connectivity index (χ3n) is 8.17. The van der Waals surface area contributed by atoms with E-state index in [0.717, 1.165) is 87.7 Å². The molecule has 1 aliphatic heterocycles. The molecule has 1 fully saturated rings. The Hall–Kier alpha value is -4.69. The third kappa shape index (κ3) is 4.91. The summed E-state index contributed by atoms with van der Waals surface area (Å²) in [5, 5.41) is 8.40. The van der Waals surface area contributed by atoms with Crippen LogP contribution in [0.15, 0.2) is 73.6 Å². The van der Waals surface area contributed by atoms with E-state index >= 15 is 0 Å². The maximum atomic E-state index is 12.2. The molecule has 8 heteroatoms. The lowest BCUT2D eigenvalue weighted by Crippen LogP contribution is -2.44. The number of amides is 1. The number of hydrogen-bond donors (Lipinski definition) is 2. The van der Waals surface area contributed by atoms with E-state index in [2.05, 4.69) is 76.1 Å². The Kier molecular flexibility index (Phi) is 6.93. The number of aryl methyl sites for hydroxylation is 3. The van der Waals surface area contributed by atoms with Crippen LogP contribution in [0.25, 0.3) is 44.7 Å². The number of nitrogens with one attached hydrogen (secondary N) is 2. The molecule has 6 rings (SSSR count). The Balaban J connectivity index is 1.53. The van der Waals surface area contributed by atoms with E-state index in [0.29, 0.717) is 0 Å². The summed E-state index contributed by atoms with van der Waals surface area (Å²) >= 11 is 0. The van der Waals surface area contributed by atoms with E-state index in [-0.39, 0.29) is 5.91 Å². The zero-order chi connectivity index (χ0) is 28.7. The number of piperazine rings is 1. The summed E-state index contributed by atoms with van der Waals surface area (Å²) in [7, 11) is 4.12. The van der Waals surface area contributed by atoms with Gasteiger partial charge in [0.05, 0.1) is 11.4 Å². The van der Waals surface area contributed by atoms with Crippen molar-refractivity contribution in [2.75, 3.05) is 43.4 Å². The number of carbonyl (C=O) groups is 1. The lowest BCUT2D eigenvalue weighted by atomic mass is 9.94. The van der Waals surface area contributed by atoms with E-state index in [1.807, 2.05) is 43.0 Å². The fourth-order valence-corrected chi connectivity index (χ4v) is 5.71. The van der Waals surface area contributed by atoms with Gasteiger partial charge in [-0.05, 0) is 73.5 Å². The van der Waals surface area contributed by atoms with Gasteiger partial charge < -0.3 is 20.1 Å². The topological polar surface area (TPSA) is 82.1 Å². The van der Waals surface area contributed by atoms with Crippen LogP contribution in [0.1, 0.15) is 11.1 Å². The van der Waals surface area contributed by atoms with Crippen LogP contribution >= 0.6 is 0 Å². The van der Waals surface area contributed by atoms with Crippen molar-refractivity contribution < 1.29 is 4.79 Å². The van der Waals surface area contributed by atoms with Gasteiger partial charge in [0.15, 0.2) is 0 Å². The molecule has 0 spiro atoms. The summed E-state index contributed by atoms with van der Waals surface area (Å²) in [5.41, 5.74) is 11.0. The van der Waals surface area contributed by atoms with Crippen molar-refractivity contribution in [1.82, 2.24) is 24.6 Å². The summed E-state index contributed by atoms with van der Waals surface area (Å²) in [6.07, 6.45) is 5.01. The Labute approximate surface area is 240 Å². The highest BCUT2D eigenvalue weighted by Crippen LogP contribution is 2.42. The summed E-state index contributed by atoms with van der Waals surface area (Å²) in [5.74, 6) is -0.236. The van der Waals surface area contributed by atoms with Gasteiger partial charge in [-0.15, -0.1) is 0 Å². The number of nitrogens with zero attached hydrogens (tertiary/aromatic N) is 5. The average molecular weight is 546 g/mol. The van der Waals surface area contributed by atoms with Crippen LogP contribution in [0, 0.1) is 13.8 Å². The Morgan fingerprint density at radius 2 is 1.73 bits per heavy atom. The fraction of sp³-hybridized carbons (Fsp3) is 0.242. The van der Waals surface area contributed by atoms with Gasteiger partial charge in [-0.2, -0.15) is 5.10 Å². The standard InChI is InChI=1S/C33H35N7O/c1-6-29(41)36-27-19-24(8-7-21(27)2)31-30-22(3)26(28-13-14-35-39(28)5)20-34-33(30)37-32(31)23-9-11-25(12-10-23)40-17-15-38(4)16-18-40/h6-14,19-20H,1,15-18H2,2-5H3,(H,34,37)(H,36,41). The molecule has 2 N–H and O–H groups in total. The number of H-pyrrole nitrogens is 1. The number of fused-ring (bicyclic) bond motifs is 1. The number of carbonyl (C=O) groups excluding carboxylic acids is 1. The van der Waals surface area contributed by atoms with Crippen LogP contribution in [0.3, 0.4) is 0 Å². The predicted molar refractivity (Wildman–Crippen MR) is 167 cm³/mol. The number of benzene rings is 2. The SMILES string of the molecule is C=CC(=O)Nc1cc(-c2c(-c3ccc(N4CCN(C)CC4)cc3)[nH]c3ncc(-c4ccnn4C)c(C)c23)ccc1C. The predicted octanol–water partition coefficient (Wildman–Crippen LogP) is 5.79. The molecule has 2 aromatic carbocycles. The average Bonchev–Trinajstić information content (AvgIpc) is 3.59. The van der Waals surface area contributed by atoms with E-state index in [1.54, 1.807) is 6.20 Å². The largest absolute Gasteiger partial charge is 0.369 e. The molecule has 41 heavy (non-hydrogen) atoms. The molecule has 0 aliphatic carbocycles. The number of aromatic amines is 1. The van der Waals surface area contributed by atoms with Gasteiger partial charge in [0.2, 0.25) is 5.91 Å². The first-order chi connectivity index (χ1) is 19.8. The Morgan fingerprint density at radius 1 is 1.00 bits per heavy atom. The van der Waals surface area contributed by atoms with Crippen LogP contribution in [-0.4, -0.2) is 63.8 Å². The zero-order valence-corrected chi connectivity index (χ0v) is 24.0. The second-order valence-electron chi connectivity index (χ2n) is 10.8. The van der Waals surface area contributed by atoms with Gasteiger partial charge in [0.25, 0.3) is 0 Å². The van der Waals surface area contributed by atoms with Crippen molar-refractivity contribution in [2.24, 2.45) is 7.05 Å². The monoisotopic (exact) mass is 545 g/mol. The molecule has 208 valence electrons. The van der Waals surface area contributed by atoms with Crippen LogP contribution in [0.2, 0.25) is 0 Å². The van der Waals surface area contributed by atoms with Gasteiger partial charge in [0, 0.05) is 73.5 Å². The number of pyridine rings is 1. The quantitative estimate of drug-likeness (QED) is 0.264. The van der Waals surface area contributed by atoms with Crippen molar-refractivity contribution in [3.63, 3.8) is 0 Å². The highest BCUT2D eigenvalue weighted by molar-refractivity contribution is 6.07. The first kappa shape index (κ1) is 26.5. The first-order valence-electron chi connectivity index (χ1n) is 13.9. The van der Waals surface area contributed by atoms with Crippen molar-refractivity contribution >= 4 is 28.3 Å². The molecular weight excluding hydrogens is 510 g/mol. The molecule has 1 saturated heterocycles. The van der Waals surface area contributed by atoms with E-state index in [1.165, 1.54) is 11.8 Å². The Bertz CT molecular complexity index is 1750. The Morgan fingerprint density at radius 3 is 2.41 bits per heavy atom. The molecule has 0 unspecified atom stereocenters. The van der Waals surface area contributed by atoms with Gasteiger partial charge >= 0.3 is 0 Å². The minimum Gasteiger partial charge on any atom is -0.369 e. The van der Waals surface area contributed by atoms with Crippen LogP contribution in [0.4, 0.5) is 11.4 Å². The van der Waals surface area contributed by atoms with Crippen molar-refractivity contribution in [3.8, 4) is 33.6 Å². The first-order valence-corrected chi connectivity index (χ1v) is 13.9. The lowest BCUT2D eigenvalue weighted by Gasteiger charge is -2.34. The molecule has 0 radical (unpaired) electrons. The summed E-state index contributed by atoms with van der Waals surface area (Å²) in [6.45, 7) is 11.9. The van der Waals surface area contributed by atoms with E-state index in [4.69, 9.17) is 4.98 Å². The maximum absolute atomic E-state index is 12.2.